The maximum Gasteiger partial charge on any atom is 0.251 e. The molecule has 0 saturated heterocycles. The van der Waals surface area contributed by atoms with E-state index < -0.39 is 0 Å². The Hall–Kier alpha value is -1.09. The van der Waals surface area contributed by atoms with Crippen LogP contribution in [0.15, 0.2) is 16.9 Å². The third kappa shape index (κ3) is 1.25. The summed E-state index contributed by atoms with van der Waals surface area (Å²) < 4.78 is 0. The fraction of sp³-hybridized carbons (Fsp3) is 0.286. The molecule has 0 spiro atoms. The molecule has 0 aliphatic heterocycles. The summed E-state index contributed by atoms with van der Waals surface area (Å²) in [7, 11) is 0. The first-order valence-corrected chi connectivity index (χ1v) is 3.03. The molecule has 0 amide bonds. The number of aryl methyl sites for hydroxylation is 1. The van der Waals surface area contributed by atoms with Crippen molar-refractivity contribution in [1.82, 2.24) is 4.98 Å². The first-order chi connectivity index (χ1) is 4.74. The zero-order chi connectivity index (χ0) is 7.56. The Kier molecular flexibility index (Phi) is 1.87. The van der Waals surface area contributed by atoms with Crippen molar-refractivity contribution in [3.05, 3.63) is 33.7 Å². The van der Waals surface area contributed by atoms with Crippen molar-refractivity contribution < 1.29 is 5.11 Å². The molecule has 54 valence electrons. The van der Waals surface area contributed by atoms with Crippen LogP contribution in [0.2, 0.25) is 0 Å². The Morgan fingerprint density at radius 1 is 1.60 bits per heavy atom. The number of aromatic nitrogens is 1. The lowest BCUT2D eigenvalue weighted by Gasteiger charge is -1.94. The molecular formula is C7H9NO2. The number of H-pyrrole nitrogens is 1. The lowest BCUT2D eigenvalue weighted by Crippen LogP contribution is -2.10. The van der Waals surface area contributed by atoms with Crippen LogP contribution in [-0.2, 0) is 6.61 Å². The highest BCUT2D eigenvalue weighted by Crippen LogP contribution is 1.91. The smallest absolute Gasteiger partial charge is 0.251 e. The minimum absolute atomic E-state index is 0.116. The quantitative estimate of drug-likeness (QED) is 0.583. The lowest BCUT2D eigenvalue weighted by atomic mass is 10.3. The van der Waals surface area contributed by atoms with Crippen LogP contribution in [-0.4, -0.2) is 10.1 Å². The second-order valence-electron chi connectivity index (χ2n) is 2.15. The fourth-order valence-corrected chi connectivity index (χ4v) is 0.680. The normalized spacial score (nSPS) is 9.80. The van der Waals surface area contributed by atoms with Crippen LogP contribution in [0.5, 0.6) is 0 Å². The first kappa shape index (κ1) is 7.02. The Labute approximate surface area is 58.3 Å². The number of aromatic amines is 1. The van der Waals surface area contributed by atoms with Gasteiger partial charge in [0.1, 0.15) is 0 Å². The Bertz CT molecular complexity index is 277. The van der Waals surface area contributed by atoms with E-state index in [0.717, 1.165) is 0 Å². The second kappa shape index (κ2) is 2.66. The van der Waals surface area contributed by atoms with Gasteiger partial charge in [-0.25, -0.2) is 0 Å². The van der Waals surface area contributed by atoms with E-state index in [9.17, 15) is 4.79 Å². The van der Waals surface area contributed by atoms with E-state index in [-0.39, 0.29) is 12.2 Å². The number of aliphatic hydroxyl groups excluding tert-OH is 1. The average molecular weight is 139 g/mol. The van der Waals surface area contributed by atoms with Crippen molar-refractivity contribution in [3.63, 3.8) is 0 Å². The molecule has 0 atom stereocenters. The molecule has 3 nitrogen and oxygen atoms in total. The van der Waals surface area contributed by atoms with Crippen molar-refractivity contribution in [3.8, 4) is 0 Å². The molecule has 0 aliphatic carbocycles. The lowest BCUT2D eigenvalue weighted by molar-refractivity contribution is 0.276. The van der Waals surface area contributed by atoms with Gasteiger partial charge in [-0.1, -0.05) is 6.07 Å². The van der Waals surface area contributed by atoms with Gasteiger partial charge in [-0.15, -0.1) is 0 Å². The summed E-state index contributed by atoms with van der Waals surface area (Å²) in [6.07, 6.45) is 0. The molecule has 0 aromatic carbocycles. The Balaban J connectivity index is 3.17. The predicted molar refractivity (Wildman–Crippen MR) is 37.7 cm³/mol. The highest BCUT2D eigenvalue weighted by molar-refractivity contribution is 5.11. The molecule has 1 rings (SSSR count). The molecule has 1 heterocycles. The van der Waals surface area contributed by atoms with Crippen molar-refractivity contribution in [2.75, 3.05) is 0 Å². The van der Waals surface area contributed by atoms with E-state index in [2.05, 4.69) is 4.98 Å². The summed E-state index contributed by atoms with van der Waals surface area (Å²) in [6, 6.07) is 3.38. The van der Waals surface area contributed by atoms with E-state index in [4.69, 9.17) is 5.11 Å². The van der Waals surface area contributed by atoms with E-state index >= 15 is 0 Å². The van der Waals surface area contributed by atoms with Gasteiger partial charge in [0.25, 0.3) is 5.56 Å². The molecule has 1 aromatic heterocycles. The molecule has 0 aliphatic rings. The summed E-state index contributed by atoms with van der Waals surface area (Å²) in [4.78, 5) is 13.4. The number of rotatable bonds is 1. The highest BCUT2D eigenvalue weighted by atomic mass is 16.3. The Morgan fingerprint density at radius 3 is 2.80 bits per heavy atom. The molecule has 1 aromatic rings. The predicted octanol–water partition coefficient (Wildman–Crippen LogP) is 0.176. The van der Waals surface area contributed by atoms with Crippen LogP contribution in [0.25, 0.3) is 0 Å². The van der Waals surface area contributed by atoms with Gasteiger partial charge in [-0.3, -0.25) is 4.79 Å². The van der Waals surface area contributed by atoms with E-state index in [0.29, 0.717) is 11.3 Å². The van der Waals surface area contributed by atoms with Gasteiger partial charge in [-0.05, 0) is 13.0 Å². The number of hydrogen-bond acceptors (Lipinski definition) is 2. The van der Waals surface area contributed by atoms with E-state index in [1.54, 1.807) is 19.1 Å². The molecule has 10 heavy (non-hydrogen) atoms. The molecule has 3 heteroatoms. The molecule has 0 saturated carbocycles. The van der Waals surface area contributed by atoms with Gasteiger partial charge in [-0.2, -0.15) is 0 Å². The molecule has 0 bridgehead atoms. The SMILES string of the molecule is Cc1ccc(CO)[nH]c1=O. The van der Waals surface area contributed by atoms with Crippen LogP contribution in [0.1, 0.15) is 11.3 Å². The van der Waals surface area contributed by atoms with Gasteiger partial charge in [0, 0.05) is 11.3 Å². The summed E-state index contributed by atoms with van der Waals surface area (Å²) in [5, 5.41) is 8.58. The summed E-state index contributed by atoms with van der Waals surface area (Å²) in [6.45, 7) is 1.61. The fourth-order valence-electron chi connectivity index (χ4n) is 0.680. The highest BCUT2D eigenvalue weighted by Gasteiger charge is 1.92. The number of pyridine rings is 1. The van der Waals surface area contributed by atoms with Crippen LogP contribution >= 0.6 is 0 Å². The van der Waals surface area contributed by atoms with E-state index in [1.807, 2.05) is 0 Å². The summed E-state index contributed by atoms with van der Waals surface area (Å²) >= 11 is 0. The zero-order valence-electron chi connectivity index (χ0n) is 5.72. The van der Waals surface area contributed by atoms with Crippen LogP contribution in [0, 0.1) is 6.92 Å². The maximum absolute atomic E-state index is 10.8. The minimum atomic E-state index is -0.133. The topological polar surface area (TPSA) is 53.1 Å². The van der Waals surface area contributed by atoms with Gasteiger partial charge in [0.15, 0.2) is 0 Å². The van der Waals surface area contributed by atoms with Gasteiger partial charge in [0.05, 0.1) is 6.61 Å². The van der Waals surface area contributed by atoms with Crippen LogP contribution in [0.3, 0.4) is 0 Å². The molecular weight excluding hydrogens is 130 g/mol. The van der Waals surface area contributed by atoms with Crippen molar-refractivity contribution >= 4 is 0 Å². The number of hydrogen-bond donors (Lipinski definition) is 2. The largest absolute Gasteiger partial charge is 0.390 e. The van der Waals surface area contributed by atoms with Gasteiger partial charge in [0.2, 0.25) is 0 Å². The summed E-state index contributed by atoms with van der Waals surface area (Å²) in [5.41, 5.74) is 1.08. The summed E-state index contributed by atoms with van der Waals surface area (Å²) in [5.74, 6) is 0. The third-order valence-corrected chi connectivity index (χ3v) is 1.34. The Morgan fingerprint density at radius 2 is 2.30 bits per heavy atom. The standard InChI is InChI=1S/C7H9NO2/c1-5-2-3-6(4-9)8-7(5)10/h2-3,9H,4H2,1H3,(H,8,10). The van der Waals surface area contributed by atoms with Gasteiger partial charge < -0.3 is 10.1 Å². The molecule has 0 radical (unpaired) electrons. The number of aliphatic hydroxyl groups is 1. The van der Waals surface area contributed by atoms with Crippen LogP contribution in [0.4, 0.5) is 0 Å². The van der Waals surface area contributed by atoms with Crippen LogP contribution < -0.4 is 5.56 Å². The molecule has 0 unspecified atom stereocenters. The molecule has 0 fully saturated rings. The third-order valence-electron chi connectivity index (χ3n) is 1.34. The molecule has 2 N–H and O–H groups in total. The number of nitrogens with one attached hydrogen (secondary N) is 1. The first-order valence-electron chi connectivity index (χ1n) is 3.03. The minimum Gasteiger partial charge on any atom is -0.390 e. The van der Waals surface area contributed by atoms with Gasteiger partial charge >= 0.3 is 0 Å². The average Bonchev–Trinajstić information content (AvgIpc) is 1.95. The monoisotopic (exact) mass is 139 g/mol. The van der Waals surface area contributed by atoms with Crippen molar-refractivity contribution in [1.29, 1.82) is 0 Å². The van der Waals surface area contributed by atoms with Crippen molar-refractivity contribution in [2.45, 2.75) is 13.5 Å². The zero-order valence-corrected chi connectivity index (χ0v) is 5.72. The van der Waals surface area contributed by atoms with Crippen molar-refractivity contribution in [2.24, 2.45) is 0 Å². The maximum atomic E-state index is 10.8. The second-order valence-corrected chi connectivity index (χ2v) is 2.15. The van der Waals surface area contributed by atoms with E-state index in [1.165, 1.54) is 0 Å².